The van der Waals surface area contributed by atoms with Crippen molar-refractivity contribution < 1.29 is 9.59 Å². The van der Waals surface area contributed by atoms with Crippen LogP contribution in [-0.4, -0.2) is 42.4 Å². The number of carbonyl (C=O) groups excluding carboxylic acids is 2. The van der Waals surface area contributed by atoms with E-state index < -0.39 is 5.54 Å². The van der Waals surface area contributed by atoms with Crippen LogP contribution in [0.3, 0.4) is 0 Å². The van der Waals surface area contributed by atoms with Crippen LogP contribution in [0.15, 0.2) is 30.3 Å². The topological polar surface area (TPSA) is 61.4 Å². The molecule has 5 nitrogen and oxygen atoms in total. The second-order valence-electron chi connectivity index (χ2n) is 7.44. The van der Waals surface area contributed by atoms with E-state index in [0.29, 0.717) is 12.5 Å². The van der Waals surface area contributed by atoms with E-state index in [1.54, 1.807) is 0 Å². The summed E-state index contributed by atoms with van der Waals surface area (Å²) in [5, 5.41) is 5.94. The van der Waals surface area contributed by atoms with Gasteiger partial charge in [0, 0.05) is 19.6 Å². The maximum atomic E-state index is 12.6. The third-order valence-electron chi connectivity index (χ3n) is 4.37. The summed E-state index contributed by atoms with van der Waals surface area (Å²) in [6.07, 6.45) is 0.189. The van der Waals surface area contributed by atoms with Crippen molar-refractivity contribution in [2.75, 3.05) is 19.6 Å². The van der Waals surface area contributed by atoms with Gasteiger partial charge in [0.25, 0.3) is 0 Å². The smallest absolute Gasteiger partial charge is 0.237 e. The molecule has 132 valence electrons. The molecule has 1 unspecified atom stereocenters. The van der Waals surface area contributed by atoms with Crippen LogP contribution in [0, 0.1) is 5.92 Å². The molecule has 24 heavy (non-hydrogen) atoms. The van der Waals surface area contributed by atoms with Crippen LogP contribution in [0.4, 0.5) is 0 Å². The molecule has 0 saturated carbocycles. The molecule has 1 aromatic carbocycles. The van der Waals surface area contributed by atoms with Crippen molar-refractivity contribution >= 4 is 11.8 Å². The summed E-state index contributed by atoms with van der Waals surface area (Å²) in [5.41, 5.74) is 0.581. The molecular weight excluding hydrogens is 302 g/mol. The number of piperazine rings is 1. The summed E-state index contributed by atoms with van der Waals surface area (Å²) in [5.74, 6) is 0.316. The van der Waals surface area contributed by atoms with Gasteiger partial charge in [-0.3, -0.25) is 14.5 Å². The molecule has 5 heteroatoms. The first-order valence-corrected chi connectivity index (χ1v) is 8.68. The van der Waals surface area contributed by atoms with Crippen molar-refractivity contribution in [3.8, 4) is 0 Å². The van der Waals surface area contributed by atoms with Gasteiger partial charge in [0.1, 0.15) is 0 Å². The molecule has 1 aliphatic rings. The van der Waals surface area contributed by atoms with Crippen LogP contribution in [0.25, 0.3) is 0 Å². The number of carbonyl (C=O) groups is 2. The molecule has 2 amide bonds. The molecule has 1 atom stereocenters. The summed E-state index contributed by atoms with van der Waals surface area (Å²) < 4.78 is 0. The van der Waals surface area contributed by atoms with Crippen LogP contribution in [-0.2, 0) is 15.1 Å². The Hall–Kier alpha value is -1.88. The van der Waals surface area contributed by atoms with E-state index >= 15 is 0 Å². The van der Waals surface area contributed by atoms with Crippen molar-refractivity contribution in [2.45, 2.75) is 45.7 Å². The highest BCUT2D eigenvalue weighted by molar-refractivity contribution is 5.89. The first-order chi connectivity index (χ1) is 11.3. The number of rotatable bonds is 6. The second kappa shape index (κ2) is 7.79. The van der Waals surface area contributed by atoms with Gasteiger partial charge in [0.15, 0.2) is 0 Å². The van der Waals surface area contributed by atoms with Gasteiger partial charge in [0.05, 0.1) is 18.0 Å². The number of nitrogens with one attached hydrogen (secondary N) is 2. The molecule has 2 N–H and O–H groups in total. The van der Waals surface area contributed by atoms with E-state index in [1.165, 1.54) is 0 Å². The van der Waals surface area contributed by atoms with Gasteiger partial charge in [-0.15, -0.1) is 0 Å². The van der Waals surface area contributed by atoms with E-state index in [2.05, 4.69) is 29.4 Å². The number of nitrogens with zero attached hydrogens (tertiary/aromatic N) is 1. The second-order valence-corrected chi connectivity index (χ2v) is 7.44. The van der Waals surface area contributed by atoms with E-state index in [9.17, 15) is 9.59 Å². The molecule has 1 heterocycles. The number of hydrogen-bond donors (Lipinski definition) is 2. The molecule has 1 aromatic rings. The number of amides is 2. The normalized spacial score (nSPS) is 19.2. The lowest BCUT2D eigenvalue weighted by Gasteiger charge is -2.36. The van der Waals surface area contributed by atoms with Gasteiger partial charge in [-0.05, 0) is 25.3 Å². The Morgan fingerprint density at radius 1 is 1.33 bits per heavy atom. The maximum Gasteiger partial charge on any atom is 0.237 e. The van der Waals surface area contributed by atoms with Crippen molar-refractivity contribution in [2.24, 2.45) is 5.92 Å². The molecule has 1 aliphatic heterocycles. The predicted octanol–water partition coefficient (Wildman–Crippen LogP) is 1.88. The Balaban J connectivity index is 2.02. The highest BCUT2D eigenvalue weighted by Crippen LogP contribution is 2.20. The van der Waals surface area contributed by atoms with Crippen LogP contribution in [0.5, 0.6) is 0 Å². The fourth-order valence-electron chi connectivity index (χ4n) is 3.17. The maximum absolute atomic E-state index is 12.6. The first-order valence-electron chi connectivity index (χ1n) is 8.68. The van der Waals surface area contributed by atoms with Crippen molar-refractivity contribution in [3.05, 3.63) is 35.9 Å². The average molecular weight is 331 g/mol. The molecule has 0 spiro atoms. The Bertz CT molecular complexity index is 569. The zero-order valence-electron chi connectivity index (χ0n) is 15.1. The largest absolute Gasteiger partial charge is 0.353 e. The molecule has 1 saturated heterocycles. The van der Waals surface area contributed by atoms with Crippen LogP contribution in [0.2, 0.25) is 0 Å². The molecule has 1 fully saturated rings. The highest BCUT2D eigenvalue weighted by Gasteiger charge is 2.33. The van der Waals surface area contributed by atoms with Gasteiger partial charge in [0.2, 0.25) is 11.8 Å². The summed E-state index contributed by atoms with van der Waals surface area (Å²) in [7, 11) is 0. The minimum absolute atomic E-state index is 0.0467. The molecule has 0 aromatic heterocycles. The van der Waals surface area contributed by atoms with Gasteiger partial charge in [-0.25, -0.2) is 0 Å². The van der Waals surface area contributed by atoms with Gasteiger partial charge < -0.3 is 10.6 Å². The SMILES string of the molecule is CC(C)CN1CCNC(=O)C1CC(=O)NC(C)(C)c1ccccc1. The zero-order valence-corrected chi connectivity index (χ0v) is 15.1. The molecule has 0 bridgehead atoms. The van der Waals surface area contributed by atoms with E-state index in [4.69, 9.17) is 0 Å². The average Bonchev–Trinajstić information content (AvgIpc) is 2.50. The first kappa shape index (κ1) is 18.5. The van der Waals surface area contributed by atoms with E-state index in [-0.39, 0.29) is 24.3 Å². The Morgan fingerprint density at radius 3 is 2.62 bits per heavy atom. The Labute approximate surface area is 144 Å². The standard InChI is InChI=1S/C19H29N3O2/c1-14(2)13-22-11-10-20-18(24)16(22)12-17(23)21-19(3,4)15-8-6-5-7-9-15/h5-9,14,16H,10-13H2,1-4H3,(H,20,24)(H,21,23). The summed E-state index contributed by atoms with van der Waals surface area (Å²) in [6, 6.07) is 9.49. The Morgan fingerprint density at radius 2 is 2.00 bits per heavy atom. The third kappa shape index (κ3) is 4.81. The summed E-state index contributed by atoms with van der Waals surface area (Å²) >= 11 is 0. The predicted molar refractivity (Wildman–Crippen MR) is 95.4 cm³/mol. The highest BCUT2D eigenvalue weighted by atomic mass is 16.2. The van der Waals surface area contributed by atoms with Crippen molar-refractivity contribution in [1.29, 1.82) is 0 Å². The lowest BCUT2D eigenvalue weighted by Crippen LogP contribution is -2.57. The minimum atomic E-state index is -0.466. The van der Waals surface area contributed by atoms with Crippen LogP contribution >= 0.6 is 0 Å². The molecular formula is C19H29N3O2. The lowest BCUT2D eigenvalue weighted by molar-refractivity contribution is -0.134. The fourth-order valence-corrected chi connectivity index (χ4v) is 3.17. The number of hydrogen-bond acceptors (Lipinski definition) is 3. The van der Waals surface area contributed by atoms with E-state index in [1.807, 2.05) is 44.2 Å². The van der Waals surface area contributed by atoms with Gasteiger partial charge in [-0.1, -0.05) is 44.2 Å². The summed E-state index contributed by atoms with van der Waals surface area (Å²) in [6.45, 7) is 10.5. The van der Waals surface area contributed by atoms with E-state index in [0.717, 1.165) is 18.7 Å². The summed E-state index contributed by atoms with van der Waals surface area (Å²) in [4.78, 5) is 26.9. The van der Waals surface area contributed by atoms with Crippen LogP contribution < -0.4 is 10.6 Å². The monoisotopic (exact) mass is 331 g/mol. The third-order valence-corrected chi connectivity index (χ3v) is 4.37. The fraction of sp³-hybridized carbons (Fsp3) is 0.579. The van der Waals surface area contributed by atoms with Crippen LogP contribution in [0.1, 0.15) is 39.7 Å². The van der Waals surface area contributed by atoms with Gasteiger partial charge >= 0.3 is 0 Å². The number of benzene rings is 1. The van der Waals surface area contributed by atoms with Crippen molar-refractivity contribution in [1.82, 2.24) is 15.5 Å². The minimum Gasteiger partial charge on any atom is -0.353 e. The lowest BCUT2D eigenvalue weighted by atomic mass is 9.94. The zero-order chi connectivity index (χ0) is 17.7. The van der Waals surface area contributed by atoms with Gasteiger partial charge in [-0.2, -0.15) is 0 Å². The molecule has 0 radical (unpaired) electrons. The molecule has 2 rings (SSSR count). The Kier molecular flexibility index (Phi) is 5.99. The quantitative estimate of drug-likeness (QED) is 0.837. The van der Waals surface area contributed by atoms with Crippen molar-refractivity contribution in [3.63, 3.8) is 0 Å². The molecule has 0 aliphatic carbocycles.